The van der Waals surface area contributed by atoms with Gasteiger partial charge in [0.15, 0.2) is 6.10 Å². The molecule has 354 valence electrons. The van der Waals surface area contributed by atoms with E-state index < -0.39 is 51.8 Å². The Morgan fingerprint density at radius 2 is 0.852 bits per heavy atom. The van der Waals surface area contributed by atoms with Gasteiger partial charge in [0.25, 0.3) is 0 Å². The predicted molar refractivity (Wildman–Crippen MR) is 251 cm³/mol. The number of esters is 2. The van der Waals surface area contributed by atoms with Crippen LogP contribution in [0.15, 0.2) is 60.8 Å². The molecule has 11 heteroatoms. The van der Waals surface area contributed by atoms with Gasteiger partial charge in [0.05, 0.1) is 19.8 Å². The number of phosphoric ester groups is 1. The molecule has 3 atom stereocenters. The van der Waals surface area contributed by atoms with Gasteiger partial charge in [-0.2, -0.15) is 0 Å². The number of carbonyl (C=O) groups excluding carboxylic acids is 2. The van der Waals surface area contributed by atoms with Crippen LogP contribution in [0.4, 0.5) is 0 Å². The summed E-state index contributed by atoms with van der Waals surface area (Å²) in [6, 6.07) is 0. The number of allylic oxidation sites excluding steroid dienone is 10. The molecule has 0 aromatic rings. The van der Waals surface area contributed by atoms with E-state index in [4.69, 9.17) is 23.6 Å². The summed E-state index contributed by atoms with van der Waals surface area (Å²) >= 11 is 0. The topological polar surface area (TPSA) is 149 Å². The summed E-state index contributed by atoms with van der Waals surface area (Å²) in [7, 11) is -4.63. The number of hydrogen-bond acceptors (Lipinski definition) is 9. The van der Waals surface area contributed by atoms with Gasteiger partial charge in [-0.1, -0.05) is 171 Å². The molecule has 0 saturated heterocycles. The minimum atomic E-state index is -4.63. The van der Waals surface area contributed by atoms with Crippen LogP contribution in [-0.4, -0.2) is 65.7 Å². The van der Waals surface area contributed by atoms with Gasteiger partial charge >= 0.3 is 19.8 Å². The van der Waals surface area contributed by atoms with Gasteiger partial charge in [-0.3, -0.25) is 18.6 Å². The van der Waals surface area contributed by atoms with Crippen molar-refractivity contribution in [3.63, 3.8) is 0 Å². The second-order valence-corrected chi connectivity index (χ2v) is 17.6. The van der Waals surface area contributed by atoms with Crippen LogP contribution in [0.3, 0.4) is 0 Å². The summed E-state index contributed by atoms with van der Waals surface area (Å²) < 4.78 is 32.8. The monoisotopic (exact) mass is 881 g/mol. The molecule has 0 aromatic heterocycles. The van der Waals surface area contributed by atoms with E-state index >= 15 is 0 Å². The molecule has 1 unspecified atom stereocenters. The van der Waals surface area contributed by atoms with Gasteiger partial charge in [-0.25, -0.2) is 4.57 Å². The van der Waals surface area contributed by atoms with E-state index in [0.29, 0.717) is 12.8 Å². The van der Waals surface area contributed by atoms with Crippen molar-refractivity contribution in [1.29, 1.82) is 0 Å². The second-order valence-electron chi connectivity index (χ2n) is 16.1. The molecule has 61 heavy (non-hydrogen) atoms. The number of aliphatic hydroxyl groups is 2. The van der Waals surface area contributed by atoms with E-state index in [-0.39, 0.29) is 19.4 Å². The standard InChI is InChI=1S/C50H89O10P/c1-3-5-7-9-11-13-15-17-19-21-23-25-27-29-31-33-35-37-39-41-49(53)57-45-48(46-59-61(55,56)58-44-47(52)43-51)60-50(54)42-40-38-36-34-32-30-28-26-24-22-20-18-16-14-12-10-8-6-4-2/h12,14,17-20,24,26,30,32,47-48,51-52H,3-11,13,15-16,21-23,25,27-29,31,33-46H2,1-2H3,(H,55,56)/b14-12+,19-17+,20-18+,26-24+,32-30+/t47-,48+/m0/s1. The fourth-order valence-electron chi connectivity index (χ4n) is 6.38. The molecule has 0 heterocycles. The van der Waals surface area contributed by atoms with E-state index in [2.05, 4.69) is 74.6 Å². The fraction of sp³-hybridized carbons (Fsp3) is 0.760. The first kappa shape index (κ1) is 58.7. The van der Waals surface area contributed by atoms with Crippen LogP contribution in [-0.2, 0) is 32.7 Å². The molecule has 0 bridgehead atoms. The SMILES string of the molecule is CCCCC/C=C/C/C=C/C/C=C/C/C=C/CCCCCC(=O)O[C@H](COC(=O)CCCCCCCCCCC/C=C/CCCCCCCC)COP(=O)(O)OC[C@@H](O)CO. The van der Waals surface area contributed by atoms with Crippen molar-refractivity contribution in [3.05, 3.63) is 60.8 Å². The molecule has 0 aliphatic carbocycles. The van der Waals surface area contributed by atoms with Crippen molar-refractivity contribution in [2.24, 2.45) is 0 Å². The van der Waals surface area contributed by atoms with E-state index in [1.807, 2.05) is 0 Å². The van der Waals surface area contributed by atoms with Crippen molar-refractivity contribution >= 4 is 19.8 Å². The highest BCUT2D eigenvalue weighted by Gasteiger charge is 2.27. The largest absolute Gasteiger partial charge is 0.472 e. The highest BCUT2D eigenvalue weighted by molar-refractivity contribution is 7.47. The van der Waals surface area contributed by atoms with Crippen LogP contribution in [0.2, 0.25) is 0 Å². The molecule has 10 nitrogen and oxygen atoms in total. The Hall–Kier alpha value is -2.33. The summed E-state index contributed by atoms with van der Waals surface area (Å²) in [5.41, 5.74) is 0. The number of unbranched alkanes of at least 4 members (excludes halogenated alkanes) is 21. The maximum atomic E-state index is 12.6. The van der Waals surface area contributed by atoms with Gasteiger partial charge in [-0.05, 0) is 83.5 Å². The lowest BCUT2D eigenvalue weighted by molar-refractivity contribution is -0.161. The number of carbonyl (C=O) groups is 2. The Kier molecular flexibility index (Phi) is 43.9. The summed E-state index contributed by atoms with van der Waals surface area (Å²) in [6.07, 6.45) is 51.8. The van der Waals surface area contributed by atoms with E-state index in [1.54, 1.807) is 0 Å². The maximum absolute atomic E-state index is 12.6. The van der Waals surface area contributed by atoms with Gasteiger partial charge in [0.2, 0.25) is 0 Å². The lowest BCUT2D eigenvalue weighted by Gasteiger charge is -2.20. The lowest BCUT2D eigenvalue weighted by Crippen LogP contribution is -2.29. The Balaban J connectivity index is 4.29. The average molecular weight is 881 g/mol. The third-order valence-corrected chi connectivity index (χ3v) is 11.1. The summed E-state index contributed by atoms with van der Waals surface area (Å²) in [6.45, 7) is 2.32. The minimum Gasteiger partial charge on any atom is -0.462 e. The van der Waals surface area contributed by atoms with Crippen molar-refractivity contribution < 1.29 is 47.8 Å². The van der Waals surface area contributed by atoms with Crippen molar-refractivity contribution in [2.45, 2.75) is 219 Å². The predicted octanol–water partition coefficient (Wildman–Crippen LogP) is 13.5. The zero-order valence-corrected chi connectivity index (χ0v) is 39.5. The van der Waals surface area contributed by atoms with E-state index in [1.165, 1.54) is 109 Å². The van der Waals surface area contributed by atoms with Crippen LogP contribution in [0.1, 0.15) is 206 Å². The number of hydrogen-bond donors (Lipinski definition) is 3. The third-order valence-electron chi connectivity index (χ3n) is 10.1. The minimum absolute atomic E-state index is 0.145. The van der Waals surface area contributed by atoms with Crippen LogP contribution in [0.25, 0.3) is 0 Å². The zero-order chi connectivity index (χ0) is 44.8. The molecule has 0 saturated carbocycles. The van der Waals surface area contributed by atoms with Crippen LogP contribution in [0.5, 0.6) is 0 Å². The zero-order valence-electron chi connectivity index (χ0n) is 38.6. The number of rotatable bonds is 45. The van der Waals surface area contributed by atoms with Crippen LogP contribution in [0, 0.1) is 0 Å². The molecule has 0 aliphatic heterocycles. The molecule has 0 fully saturated rings. The van der Waals surface area contributed by atoms with Gasteiger partial charge in [0, 0.05) is 12.8 Å². The molecular formula is C50H89O10P. The van der Waals surface area contributed by atoms with Crippen molar-refractivity contribution in [1.82, 2.24) is 0 Å². The van der Waals surface area contributed by atoms with Crippen LogP contribution >= 0.6 is 7.82 Å². The maximum Gasteiger partial charge on any atom is 0.472 e. The molecule has 0 amide bonds. The molecule has 0 spiro atoms. The quantitative estimate of drug-likeness (QED) is 0.0233. The third kappa shape index (κ3) is 45.5. The molecule has 0 radical (unpaired) electrons. The van der Waals surface area contributed by atoms with Gasteiger partial charge in [-0.15, -0.1) is 0 Å². The second kappa shape index (κ2) is 45.7. The first-order chi connectivity index (χ1) is 29.7. The fourth-order valence-corrected chi connectivity index (χ4v) is 7.17. The highest BCUT2D eigenvalue weighted by Crippen LogP contribution is 2.43. The Morgan fingerprint density at radius 1 is 0.492 bits per heavy atom. The molecule has 0 aliphatic rings. The number of ether oxygens (including phenoxy) is 2. The summed E-state index contributed by atoms with van der Waals surface area (Å²) in [4.78, 5) is 35.1. The van der Waals surface area contributed by atoms with Gasteiger partial charge in [0.1, 0.15) is 12.7 Å². The normalized spacial score (nSPS) is 14.2. The van der Waals surface area contributed by atoms with Crippen molar-refractivity contribution in [2.75, 3.05) is 26.4 Å². The van der Waals surface area contributed by atoms with E-state index in [9.17, 15) is 24.2 Å². The Bertz CT molecular complexity index is 1200. The smallest absolute Gasteiger partial charge is 0.462 e. The van der Waals surface area contributed by atoms with Crippen LogP contribution < -0.4 is 0 Å². The Morgan fingerprint density at radius 3 is 1.34 bits per heavy atom. The first-order valence-corrected chi connectivity index (χ1v) is 25.7. The van der Waals surface area contributed by atoms with E-state index in [0.717, 1.165) is 57.8 Å². The highest BCUT2D eigenvalue weighted by atomic mass is 31.2. The molecule has 0 aromatic carbocycles. The first-order valence-electron chi connectivity index (χ1n) is 24.2. The number of phosphoric acid groups is 1. The summed E-state index contributed by atoms with van der Waals surface area (Å²) in [5.74, 6) is -0.962. The molecular weight excluding hydrogens is 792 g/mol. The summed E-state index contributed by atoms with van der Waals surface area (Å²) in [5, 5.41) is 18.4. The Labute approximate surface area is 372 Å². The molecule has 0 rings (SSSR count). The van der Waals surface area contributed by atoms with Gasteiger partial charge < -0.3 is 24.6 Å². The molecule has 3 N–H and O–H groups in total. The average Bonchev–Trinajstić information content (AvgIpc) is 3.25. The lowest BCUT2D eigenvalue weighted by atomic mass is 10.1. The number of aliphatic hydroxyl groups excluding tert-OH is 2. The van der Waals surface area contributed by atoms with Crippen molar-refractivity contribution in [3.8, 4) is 0 Å².